The van der Waals surface area contributed by atoms with Crippen molar-refractivity contribution in [3.63, 3.8) is 0 Å². The lowest BCUT2D eigenvalue weighted by atomic mass is 9.95. The first-order valence-corrected chi connectivity index (χ1v) is 14.3. The molecule has 39 heavy (non-hydrogen) atoms. The van der Waals surface area contributed by atoms with Crippen LogP contribution in [0.4, 0.5) is 11.6 Å². The average molecular weight is 560 g/mol. The van der Waals surface area contributed by atoms with Gasteiger partial charge >= 0.3 is 0 Å². The summed E-state index contributed by atoms with van der Waals surface area (Å²) in [5, 5.41) is 12.5. The van der Waals surface area contributed by atoms with Crippen molar-refractivity contribution in [2.45, 2.75) is 44.5 Å². The Morgan fingerprint density at radius 2 is 1.82 bits per heavy atom. The lowest BCUT2D eigenvalue weighted by Crippen LogP contribution is -2.31. The van der Waals surface area contributed by atoms with Crippen LogP contribution >= 0.6 is 23.4 Å². The molecule has 7 nitrogen and oxygen atoms in total. The first-order chi connectivity index (χ1) is 19.0. The van der Waals surface area contributed by atoms with Gasteiger partial charge in [-0.2, -0.15) is 4.98 Å². The smallest absolute Gasteiger partial charge is 0.255 e. The second kappa shape index (κ2) is 12.4. The number of unbranched alkanes of at least 4 members (excludes halogenated alkanes) is 1. The molecule has 1 aliphatic rings. The molecular weight excluding hydrogens is 530 g/mol. The van der Waals surface area contributed by atoms with Crippen LogP contribution in [0.3, 0.4) is 0 Å². The van der Waals surface area contributed by atoms with Crippen molar-refractivity contribution in [3.05, 3.63) is 106 Å². The molecule has 0 saturated carbocycles. The van der Waals surface area contributed by atoms with Crippen molar-refractivity contribution in [2.24, 2.45) is 0 Å². The number of ether oxygens (including phenoxy) is 1. The van der Waals surface area contributed by atoms with Crippen molar-refractivity contribution in [1.29, 1.82) is 0 Å². The third-order valence-electron chi connectivity index (χ3n) is 6.35. The Morgan fingerprint density at radius 3 is 2.54 bits per heavy atom. The topological polar surface area (TPSA) is 81.1 Å². The number of nitrogens with one attached hydrogen (secondary N) is 2. The predicted molar refractivity (Wildman–Crippen MR) is 157 cm³/mol. The summed E-state index contributed by atoms with van der Waals surface area (Å²) in [6, 6.07) is 24.4. The number of para-hydroxylation sites is 1. The maximum absolute atomic E-state index is 13.6. The van der Waals surface area contributed by atoms with Gasteiger partial charge in [0, 0.05) is 22.2 Å². The van der Waals surface area contributed by atoms with Crippen molar-refractivity contribution in [3.8, 4) is 5.75 Å². The molecule has 0 radical (unpaired) electrons. The van der Waals surface area contributed by atoms with E-state index >= 15 is 0 Å². The fourth-order valence-corrected chi connectivity index (χ4v) is 5.35. The number of benzene rings is 3. The zero-order chi connectivity index (χ0) is 27.2. The van der Waals surface area contributed by atoms with Crippen molar-refractivity contribution >= 4 is 40.9 Å². The summed E-state index contributed by atoms with van der Waals surface area (Å²) < 4.78 is 7.80. The van der Waals surface area contributed by atoms with Gasteiger partial charge in [0.25, 0.3) is 5.91 Å². The van der Waals surface area contributed by atoms with Crippen LogP contribution in [0.25, 0.3) is 0 Å². The van der Waals surface area contributed by atoms with E-state index in [0.717, 1.165) is 46.9 Å². The number of amides is 1. The summed E-state index contributed by atoms with van der Waals surface area (Å²) in [6.07, 6.45) is 2.20. The van der Waals surface area contributed by atoms with Crippen LogP contribution in [0.15, 0.2) is 95.3 Å². The predicted octanol–water partition coefficient (Wildman–Crippen LogP) is 7.33. The Bertz CT molecular complexity index is 1450. The Labute approximate surface area is 237 Å². The van der Waals surface area contributed by atoms with Gasteiger partial charge in [-0.3, -0.25) is 4.79 Å². The number of rotatable bonds is 10. The number of hydrogen-bond acceptors (Lipinski definition) is 6. The first-order valence-electron chi connectivity index (χ1n) is 12.9. The SMILES string of the molecule is CCCCSc1nc2n(n1)C(c1ccc(OCc3ccc(Cl)cc3)cc1)C(C(=O)Nc1ccccc1)=C(C)N2. The van der Waals surface area contributed by atoms with Crippen molar-refractivity contribution in [2.75, 3.05) is 16.4 Å². The molecule has 1 aliphatic heterocycles. The van der Waals surface area contributed by atoms with Crippen LogP contribution in [-0.2, 0) is 11.4 Å². The molecule has 0 fully saturated rings. The van der Waals surface area contributed by atoms with E-state index in [2.05, 4.69) is 17.6 Å². The molecule has 1 aromatic heterocycles. The maximum atomic E-state index is 13.6. The van der Waals surface area contributed by atoms with E-state index in [4.69, 9.17) is 26.4 Å². The van der Waals surface area contributed by atoms with Gasteiger partial charge in [-0.1, -0.05) is 79.2 Å². The van der Waals surface area contributed by atoms with Gasteiger partial charge in [0.15, 0.2) is 0 Å². The van der Waals surface area contributed by atoms with Gasteiger partial charge in [-0.05, 0) is 60.9 Å². The molecule has 1 atom stereocenters. The molecule has 0 spiro atoms. The summed E-state index contributed by atoms with van der Waals surface area (Å²) in [6.45, 7) is 4.50. The van der Waals surface area contributed by atoms with Gasteiger partial charge in [0.05, 0.1) is 5.57 Å². The number of thioether (sulfide) groups is 1. The molecule has 0 saturated heterocycles. The van der Waals surface area contributed by atoms with Crippen LogP contribution in [0.2, 0.25) is 5.02 Å². The monoisotopic (exact) mass is 559 g/mol. The van der Waals surface area contributed by atoms with Crippen molar-refractivity contribution in [1.82, 2.24) is 14.8 Å². The Hall–Kier alpha value is -3.75. The van der Waals surface area contributed by atoms with Gasteiger partial charge in [0.1, 0.15) is 18.4 Å². The van der Waals surface area contributed by atoms with E-state index in [-0.39, 0.29) is 5.91 Å². The second-order valence-electron chi connectivity index (χ2n) is 9.24. The lowest BCUT2D eigenvalue weighted by molar-refractivity contribution is -0.113. The van der Waals surface area contributed by atoms with Crippen LogP contribution in [-0.4, -0.2) is 26.4 Å². The summed E-state index contributed by atoms with van der Waals surface area (Å²) >= 11 is 7.61. The fraction of sp³-hybridized carbons (Fsp3) is 0.233. The molecule has 1 amide bonds. The van der Waals surface area contributed by atoms with E-state index in [0.29, 0.717) is 28.3 Å². The molecule has 5 rings (SSSR count). The first kappa shape index (κ1) is 26.8. The van der Waals surface area contributed by atoms with Crippen molar-refractivity contribution < 1.29 is 9.53 Å². The minimum absolute atomic E-state index is 0.194. The Morgan fingerprint density at radius 1 is 1.08 bits per heavy atom. The highest BCUT2D eigenvalue weighted by atomic mass is 35.5. The molecule has 2 N–H and O–H groups in total. The number of hydrogen-bond donors (Lipinski definition) is 2. The zero-order valence-corrected chi connectivity index (χ0v) is 23.4. The third-order valence-corrected chi connectivity index (χ3v) is 7.53. The number of halogens is 1. The summed E-state index contributed by atoms with van der Waals surface area (Å²) in [4.78, 5) is 18.3. The highest BCUT2D eigenvalue weighted by molar-refractivity contribution is 7.99. The van der Waals surface area contributed by atoms with Gasteiger partial charge in [-0.15, -0.1) is 5.10 Å². The van der Waals surface area contributed by atoms with Gasteiger partial charge in [0.2, 0.25) is 11.1 Å². The minimum atomic E-state index is -0.455. The molecule has 3 aromatic carbocycles. The average Bonchev–Trinajstić information content (AvgIpc) is 3.35. The Kier molecular flexibility index (Phi) is 8.54. The second-order valence-corrected chi connectivity index (χ2v) is 10.7. The van der Waals surface area contributed by atoms with Gasteiger partial charge < -0.3 is 15.4 Å². The van der Waals surface area contributed by atoms with E-state index in [9.17, 15) is 4.79 Å². The standard InChI is InChI=1S/C30H30ClN5O2S/c1-3-4-18-39-30-34-29-32-20(2)26(28(37)33-24-8-6-5-7-9-24)27(36(29)35-30)22-12-16-25(17-13-22)38-19-21-10-14-23(31)15-11-21/h5-17,27H,3-4,18-19H2,1-2H3,(H,33,37)(H,32,34,35). The van der Waals surface area contributed by atoms with E-state index < -0.39 is 6.04 Å². The maximum Gasteiger partial charge on any atom is 0.255 e. The Balaban J connectivity index is 1.43. The summed E-state index contributed by atoms with van der Waals surface area (Å²) in [5.74, 6) is 2.10. The largest absolute Gasteiger partial charge is 0.489 e. The molecule has 4 aromatic rings. The summed E-state index contributed by atoms with van der Waals surface area (Å²) in [5.41, 5.74) is 3.98. The molecule has 9 heteroatoms. The number of allylic oxidation sites excluding steroid dienone is 1. The number of nitrogens with zero attached hydrogens (tertiary/aromatic N) is 3. The highest BCUT2D eigenvalue weighted by Crippen LogP contribution is 2.37. The molecule has 200 valence electrons. The van der Waals surface area contributed by atoms with Crippen LogP contribution in [0, 0.1) is 0 Å². The molecular formula is C30H30ClN5O2S. The van der Waals surface area contributed by atoms with E-state index in [1.54, 1.807) is 11.8 Å². The highest BCUT2D eigenvalue weighted by Gasteiger charge is 2.34. The number of carbonyl (C=O) groups is 1. The van der Waals surface area contributed by atoms with E-state index in [1.807, 2.05) is 90.5 Å². The molecule has 1 unspecified atom stereocenters. The minimum Gasteiger partial charge on any atom is -0.489 e. The van der Waals surface area contributed by atoms with Gasteiger partial charge in [-0.25, -0.2) is 4.68 Å². The normalized spacial score (nSPS) is 14.5. The molecule has 0 aliphatic carbocycles. The van der Waals surface area contributed by atoms with Crippen LogP contribution < -0.4 is 15.4 Å². The number of carbonyl (C=O) groups excluding carboxylic acids is 1. The quantitative estimate of drug-likeness (QED) is 0.156. The van der Waals surface area contributed by atoms with Crippen LogP contribution in [0.1, 0.15) is 43.9 Å². The number of aromatic nitrogens is 3. The van der Waals surface area contributed by atoms with E-state index in [1.165, 1.54) is 0 Å². The fourth-order valence-electron chi connectivity index (χ4n) is 4.32. The lowest BCUT2D eigenvalue weighted by Gasteiger charge is -2.28. The summed E-state index contributed by atoms with van der Waals surface area (Å²) in [7, 11) is 0. The third kappa shape index (κ3) is 6.46. The number of fused-ring (bicyclic) bond motifs is 1. The zero-order valence-electron chi connectivity index (χ0n) is 21.9. The molecule has 0 bridgehead atoms. The number of anilines is 2. The van der Waals surface area contributed by atoms with Crippen LogP contribution in [0.5, 0.6) is 5.75 Å². The molecule has 2 heterocycles.